The lowest BCUT2D eigenvalue weighted by molar-refractivity contribution is 0.416. The summed E-state index contributed by atoms with van der Waals surface area (Å²) in [5.74, 6) is 1.21. The molecule has 1 aromatic carbocycles. The number of aryl methyl sites for hydroxylation is 2. The maximum absolute atomic E-state index is 6.07. The normalized spacial score (nSPS) is 10.8. The predicted octanol–water partition coefficient (Wildman–Crippen LogP) is 3.41. The Kier molecular flexibility index (Phi) is 3.39. The number of aromatic amines is 1. The van der Waals surface area contributed by atoms with E-state index in [0.717, 1.165) is 38.8 Å². The molecule has 0 unspecified atom stereocenters. The second kappa shape index (κ2) is 5.21. The smallest absolute Gasteiger partial charge is 0.153 e. The minimum absolute atomic E-state index is 0.444. The maximum Gasteiger partial charge on any atom is 0.153 e. The Balaban J connectivity index is 2.24. The Morgan fingerprint density at radius 3 is 2.76 bits per heavy atom. The molecule has 0 aliphatic heterocycles. The largest absolute Gasteiger partial charge is 0.496 e. The molecule has 0 atom stereocenters. The van der Waals surface area contributed by atoms with Crippen molar-refractivity contribution < 1.29 is 4.74 Å². The van der Waals surface area contributed by atoms with Crippen LogP contribution in [0.3, 0.4) is 0 Å². The first-order valence-corrected chi connectivity index (χ1v) is 7.39. The molecule has 0 bridgehead atoms. The van der Waals surface area contributed by atoms with Crippen LogP contribution in [0.2, 0.25) is 0 Å². The highest BCUT2D eigenvalue weighted by Gasteiger charge is 2.19. The van der Waals surface area contributed by atoms with Crippen LogP contribution in [-0.4, -0.2) is 22.3 Å². The van der Waals surface area contributed by atoms with E-state index in [1.54, 1.807) is 18.4 Å². The predicted molar refractivity (Wildman–Crippen MR) is 85.6 cm³/mol. The van der Waals surface area contributed by atoms with Gasteiger partial charge in [0.1, 0.15) is 5.75 Å². The summed E-state index contributed by atoms with van der Waals surface area (Å²) < 4.78 is 5.46. The molecule has 0 aliphatic rings. The Hall–Kier alpha value is -2.34. The second-order valence-electron chi connectivity index (χ2n) is 4.81. The number of thiazole rings is 1. The number of nitrogens with one attached hydrogen (secondary N) is 1. The van der Waals surface area contributed by atoms with Gasteiger partial charge in [0.25, 0.3) is 0 Å². The Bertz CT molecular complexity index is 791. The molecule has 108 valence electrons. The van der Waals surface area contributed by atoms with Gasteiger partial charge in [-0.25, -0.2) is 4.98 Å². The summed E-state index contributed by atoms with van der Waals surface area (Å²) in [4.78, 5) is 4.51. The van der Waals surface area contributed by atoms with E-state index >= 15 is 0 Å². The van der Waals surface area contributed by atoms with Crippen molar-refractivity contribution in [2.75, 3.05) is 12.8 Å². The SMILES string of the molecule is COc1ccc(C)cc1-c1c(N)n[nH]c1-c1csc(C)n1. The van der Waals surface area contributed by atoms with Gasteiger partial charge in [-0.05, 0) is 26.0 Å². The van der Waals surface area contributed by atoms with Crippen LogP contribution in [0.15, 0.2) is 23.6 Å². The highest BCUT2D eigenvalue weighted by Crippen LogP contribution is 2.40. The summed E-state index contributed by atoms with van der Waals surface area (Å²) in [6, 6.07) is 5.99. The van der Waals surface area contributed by atoms with Crippen molar-refractivity contribution in [3.05, 3.63) is 34.2 Å². The standard InChI is InChI=1S/C15H16N4OS/c1-8-4-5-12(20-3)10(6-8)13-14(18-19-15(13)16)11-7-21-9(2)17-11/h4-7H,1-3H3,(H3,16,18,19). The van der Waals surface area contributed by atoms with Gasteiger partial charge in [0.05, 0.1) is 29.1 Å². The minimum Gasteiger partial charge on any atom is -0.496 e. The molecule has 2 heterocycles. The van der Waals surface area contributed by atoms with E-state index in [-0.39, 0.29) is 0 Å². The van der Waals surface area contributed by atoms with Crippen LogP contribution in [0, 0.1) is 13.8 Å². The molecule has 0 radical (unpaired) electrons. The zero-order valence-electron chi connectivity index (χ0n) is 12.1. The third-order valence-electron chi connectivity index (χ3n) is 3.29. The minimum atomic E-state index is 0.444. The zero-order chi connectivity index (χ0) is 15.0. The van der Waals surface area contributed by atoms with Gasteiger partial charge >= 0.3 is 0 Å². The van der Waals surface area contributed by atoms with Gasteiger partial charge in [-0.2, -0.15) is 5.10 Å². The summed E-state index contributed by atoms with van der Waals surface area (Å²) in [6.07, 6.45) is 0. The molecule has 0 saturated carbocycles. The average Bonchev–Trinajstić information content (AvgIpc) is 3.04. The number of H-pyrrole nitrogens is 1. The monoisotopic (exact) mass is 300 g/mol. The number of hydrogen-bond acceptors (Lipinski definition) is 5. The van der Waals surface area contributed by atoms with Crippen LogP contribution in [0.25, 0.3) is 22.5 Å². The Morgan fingerprint density at radius 2 is 2.10 bits per heavy atom. The molecular weight excluding hydrogens is 284 g/mol. The van der Waals surface area contributed by atoms with Crippen molar-refractivity contribution in [2.24, 2.45) is 0 Å². The highest BCUT2D eigenvalue weighted by molar-refractivity contribution is 7.09. The van der Waals surface area contributed by atoms with E-state index in [1.165, 1.54) is 0 Å². The van der Waals surface area contributed by atoms with Crippen molar-refractivity contribution in [3.8, 4) is 28.3 Å². The molecule has 0 spiro atoms. The fraction of sp³-hybridized carbons (Fsp3) is 0.200. The van der Waals surface area contributed by atoms with Crippen molar-refractivity contribution in [1.29, 1.82) is 0 Å². The molecule has 3 aromatic rings. The first-order chi connectivity index (χ1) is 10.1. The molecule has 0 amide bonds. The number of ether oxygens (including phenoxy) is 1. The van der Waals surface area contributed by atoms with Crippen molar-refractivity contribution in [2.45, 2.75) is 13.8 Å². The lowest BCUT2D eigenvalue weighted by atomic mass is 10.0. The third kappa shape index (κ3) is 2.38. The lowest BCUT2D eigenvalue weighted by Crippen LogP contribution is -1.93. The third-order valence-corrected chi connectivity index (χ3v) is 4.07. The van der Waals surface area contributed by atoms with Gasteiger partial charge in [0, 0.05) is 10.9 Å². The van der Waals surface area contributed by atoms with E-state index in [1.807, 2.05) is 37.4 Å². The van der Waals surface area contributed by atoms with E-state index in [0.29, 0.717) is 5.82 Å². The highest BCUT2D eigenvalue weighted by atomic mass is 32.1. The first-order valence-electron chi connectivity index (χ1n) is 6.51. The summed E-state index contributed by atoms with van der Waals surface area (Å²) >= 11 is 1.59. The number of nitrogens with zero attached hydrogens (tertiary/aromatic N) is 2. The molecule has 6 heteroatoms. The van der Waals surface area contributed by atoms with E-state index in [4.69, 9.17) is 10.5 Å². The van der Waals surface area contributed by atoms with Crippen molar-refractivity contribution in [3.63, 3.8) is 0 Å². The van der Waals surface area contributed by atoms with Crippen LogP contribution in [-0.2, 0) is 0 Å². The van der Waals surface area contributed by atoms with Gasteiger partial charge in [0.2, 0.25) is 0 Å². The molecule has 21 heavy (non-hydrogen) atoms. The number of anilines is 1. The fourth-order valence-electron chi connectivity index (χ4n) is 2.31. The first kappa shape index (κ1) is 13.6. The van der Waals surface area contributed by atoms with E-state index in [2.05, 4.69) is 15.2 Å². The quantitative estimate of drug-likeness (QED) is 0.777. The number of benzene rings is 1. The second-order valence-corrected chi connectivity index (χ2v) is 5.88. The van der Waals surface area contributed by atoms with E-state index < -0.39 is 0 Å². The number of rotatable bonds is 3. The topological polar surface area (TPSA) is 76.8 Å². The maximum atomic E-state index is 6.07. The zero-order valence-corrected chi connectivity index (χ0v) is 12.9. The van der Waals surface area contributed by atoms with Gasteiger partial charge in [-0.15, -0.1) is 11.3 Å². The number of aromatic nitrogens is 3. The number of nitrogen functional groups attached to an aromatic ring is 1. The molecule has 2 aromatic heterocycles. The van der Waals surface area contributed by atoms with Crippen LogP contribution < -0.4 is 10.5 Å². The summed E-state index contributed by atoms with van der Waals surface area (Å²) in [7, 11) is 1.65. The summed E-state index contributed by atoms with van der Waals surface area (Å²) in [6.45, 7) is 4.01. The van der Waals surface area contributed by atoms with Crippen LogP contribution >= 0.6 is 11.3 Å². The fourth-order valence-corrected chi connectivity index (χ4v) is 2.91. The van der Waals surface area contributed by atoms with Crippen LogP contribution in [0.1, 0.15) is 10.6 Å². The summed E-state index contributed by atoms with van der Waals surface area (Å²) in [5.41, 5.74) is 10.6. The number of nitrogens with two attached hydrogens (primary N) is 1. The van der Waals surface area contributed by atoms with Crippen molar-refractivity contribution >= 4 is 17.2 Å². The van der Waals surface area contributed by atoms with Crippen LogP contribution in [0.4, 0.5) is 5.82 Å². The van der Waals surface area contributed by atoms with Gasteiger partial charge in [-0.1, -0.05) is 11.6 Å². The van der Waals surface area contributed by atoms with E-state index in [9.17, 15) is 0 Å². The molecule has 0 fully saturated rings. The van der Waals surface area contributed by atoms with Crippen molar-refractivity contribution in [1.82, 2.24) is 15.2 Å². The Labute approximate surface area is 126 Å². The Morgan fingerprint density at radius 1 is 1.29 bits per heavy atom. The molecule has 0 aliphatic carbocycles. The van der Waals surface area contributed by atoms with Crippen LogP contribution in [0.5, 0.6) is 5.75 Å². The molecule has 3 rings (SSSR count). The lowest BCUT2D eigenvalue weighted by Gasteiger charge is -2.10. The summed E-state index contributed by atoms with van der Waals surface area (Å²) in [5, 5.41) is 10.1. The number of methoxy groups -OCH3 is 1. The van der Waals surface area contributed by atoms with Gasteiger partial charge < -0.3 is 10.5 Å². The van der Waals surface area contributed by atoms with Gasteiger partial charge in [-0.3, -0.25) is 5.10 Å². The van der Waals surface area contributed by atoms with Gasteiger partial charge in [0.15, 0.2) is 5.82 Å². The molecular formula is C15H16N4OS. The number of hydrogen-bond donors (Lipinski definition) is 2. The molecule has 5 nitrogen and oxygen atoms in total. The molecule has 3 N–H and O–H groups in total. The average molecular weight is 300 g/mol. The molecule has 0 saturated heterocycles.